The standard InChI is InChI=1S/C12H14Cl2O2/c1-7(2)9(6-12(15)16)8-3-4-10(13)11(14)5-8/h3-5,7,9H,6H2,1-2H3,(H,15,16). The van der Waals surface area contributed by atoms with Crippen molar-refractivity contribution in [3.63, 3.8) is 0 Å². The van der Waals surface area contributed by atoms with Gasteiger partial charge in [-0.25, -0.2) is 0 Å². The van der Waals surface area contributed by atoms with Crippen molar-refractivity contribution < 1.29 is 9.90 Å². The molecule has 16 heavy (non-hydrogen) atoms. The lowest BCUT2D eigenvalue weighted by atomic mass is 9.86. The van der Waals surface area contributed by atoms with E-state index in [0.29, 0.717) is 10.0 Å². The first kappa shape index (κ1) is 13.3. The van der Waals surface area contributed by atoms with Crippen LogP contribution in [0.1, 0.15) is 31.7 Å². The molecule has 4 heteroatoms. The minimum absolute atomic E-state index is 0.0349. The summed E-state index contributed by atoms with van der Waals surface area (Å²) in [6.45, 7) is 3.99. The molecule has 0 aromatic heterocycles. The molecule has 0 fully saturated rings. The Balaban J connectivity index is 3.01. The van der Waals surface area contributed by atoms with Crippen molar-refractivity contribution in [2.24, 2.45) is 5.92 Å². The first-order valence-electron chi connectivity index (χ1n) is 5.08. The Morgan fingerprint density at radius 3 is 2.38 bits per heavy atom. The Kier molecular flexibility index (Phi) is 4.63. The average molecular weight is 261 g/mol. The molecule has 0 spiro atoms. The van der Waals surface area contributed by atoms with E-state index < -0.39 is 5.97 Å². The number of carboxylic acids is 1. The van der Waals surface area contributed by atoms with Gasteiger partial charge in [0.05, 0.1) is 16.5 Å². The quantitative estimate of drug-likeness (QED) is 0.881. The van der Waals surface area contributed by atoms with Gasteiger partial charge in [-0.1, -0.05) is 43.1 Å². The van der Waals surface area contributed by atoms with Crippen LogP contribution in [0.2, 0.25) is 10.0 Å². The molecule has 0 aliphatic heterocycles. The largest absolute Gasteiger partial charge is 0.481 e. The van der Waals surface area contributed by atoms with Gasteiger partial charge in [-0.2, -0.15) is 0 Å². The molecule has 88 valence electrons. The Bertz CT molecular complexity index is 389. The second-order valence-corrected chi connectivity index (χ2v) is 4.94. The fraction of sp³-hybridized carbons (Fsp3) is 0.417. The average Bonchev–Trinajstić information content (AvgIpc) is 2.18. The van der Waals surface area contributed by atoms with Crippen LogP contribution in [0.4, 0.5) is 0 Å². The molecule has 0 bridgehead atoms. The third-order valence-corrected chi connectivity index (χ3v) is 3.31. The molecule has 0 radical (unpaired) electrons. The van der Waals surface area contributed by atoms with Crippen molar-refractivity contribution in [1.29, 1.82) is 0 Å². The number of aliphatic carboxylic acids is 1. The lowest BCUT2D eigenvalue weighted by molar-refractivity contribution is -0.137. The number of carbonyl (C=O) groups is 1. The highest BCUT2D eigenvalue weighted by molar-refractivity contribution is 6.42. The van der Waals surface area contributed by atoms with Crippen LogP contribution in [0.15, 0.2) is 18.2 Å². The highest BCUT2D eigenvalue weighted by Crippen LogP contribution is 2.32. The fourth-order valence-electron chi connectivity index (χ4n) is 1.67. The van der Waals surface area contributed by atoms with Gasteiger partial charge < -0.3 is 5.11 Å². The van der Waals surface area contributed by atoms with Crippen LogP contribution in [0, 0.1) is 5.92 Å². The van der Waals surface area contributed by atoms with Crippen LogP contribution in [-0.2, 0) is 4.79 Å². The molecular weight excluding hydrogens is 247 g/mol. The first-order chi connectivity index (χ1) is 7.41. The number of benzene rings is 1. The van der Waals surface area contributed by atoms with Crippen LogP contribution < -0.4 is 0 Å². The van der Waals surface area contributed by atoms with Crippen LogP contribution in [0.25, 0.3) is 0 Å². The molecule has 1 rings (SSSR count). The Morgan fingerprint density at radius 2 is 1.94 bits per heavy atom. The summed E-state index contributed by atoms with van der Waals surface area (Å²) < 4.78 is 0. The fourth-order valence-corrected chi connectivity index (χ4v) is 1.98. The van der Waals surface area contributed by atoms with Gasteiger partial charge in [0.15, 0.2) is 0 Å². The zero-order valence-corrected chi connectivity index (χ0v) is 10.7. The first-order valence-corrected chi connectivity index (χ1v) is 5.84. The van der Waals surface area contributed by atoms with Gasteiger partial charge >= 0.3 is 5.97 Å². The van der Waals surface area contributed by atoms with Gasteiger partial charge in [-0.3, -0.25) is 4.79 Å². The van der Waals surface area contributed by atoms with E-state index in [0.717, 1.165) is 5.56 Å². The van der Waals surface area contributed by atoms with Gasteiger partial charge in [-0.05, 0) is 29.5 Å². The monoisotopic (exact) mass is 260 g/mol. The lowest BCUT2D eigenvalue weighted by Crippen LogP contribution is -2.12. The summed E-state index contributed by atoms with van der Waals surface area (Å²) in [5, 5.41) is 9.82. The van der Waals surface area contributed by atoms with Gasteiger partial charge in [0, 0.05) is 0 Å². The number of hydrogen-bond acceptors (Lipinski definition) is 1. The Labute approximate surface area is 105 Å². The summed E-state index contributed by atoms with van der Waals surface area (Å²) in [6.07, 6.45) is 0.107. The van der Waals surface area contributed by atoms with E-state index in [1.54, 1.807) is 12.1 Å². The number of hydrogen-bond donors (Lipinski definition) is 1. The summed E-state index contributed by atoms with van der Waals surface area (Å²) in [7, 11) is 0. The zero-order chi connectivity index (χ0) is 12.3. The normalized spacial score (nSPS) is 12.8. The molecule has 0 saturated carbocycles. The van der Waals surface area contributed by atoms with Crippen molar-refractivity contribution in [2.45, 2.75) is 26.2 Å². The van der Waals surface area contributed by atoms with Gasteiger partial charge in [0.1, 0.15) is 0 Å². The van der Waals surface area contributed by atoms with Gasteiger partial charge in [-0.15, -0.1) is 0 Å². The highest BCUT2D eigenvalue weighted by Gasteiger charge is 2.19. The smallest absolute Gasteiger partial charge is 0.303 e. The minimum atomic E-state index is -0.801. The predicted molar refractivity (Wildman–Crippen MR) is 66.3 cm³/mol. The molecular formula is C12H14Cl2O2. The van der Waals surface area contributed by atoms with E-state index in [1.165, 1.54) is 0 Å². The second kappa shape index (κ2) is 5.55. The molecule has 0 aliphatic carbocycles. The third-order valence-electron chi connectivity index (χ3n) is 2.57. The topological polar surface area (TPSA) is 37.3 Å². The maximum absolute atomic E-state index is 10.8. The van der Waals surface area contributed by atoms with Crippen LogP contribution in [-0.4, -0.2) is 11.1 Å². The highest BCUT2D eigenvalue weighted by atomic mass is 35.5. The maximum Gasteiger partial charge on any atom is 0.303 e. The van der Waals surface area contributed by atoms with E-state index >= 15 is 0 Å². The van der Waals surface area contributed by atoms with Gasteiger partial charge in [0.25, 0.3) is 0 Å². The maximum atomic E-state index is 10.8. The van der Waals surface area contributed by atoms with Crippen molar-refractivity contribution in [3.8, 4) is 0 Å². The molecule has 0 saturated heterocycles. The minimum Gasteiger partial charge on any atom is -0.481 e. The lowest BCUT2D eigenvalue weighted by Gasteiger charge is -2.19. The molecule has 2 nitrogen and oxygen atoms in total. The summed E-state index contributed by atoms with van der Waals surface area (Å²) in [5.41, 5.74) is 0.923. The summed E-state index contributed by atoms with van der Waals surface area (Å²) in [5.74, 6) is -0.592. The van der Waals surface area contributed by atoms with Crippen molar-refractivity contribution in [2.75, 3.05) is 0 Å². The number of carboxylic acid groups (broad SMARTS) is 1. The zero-order valence-electron chi connectivity index (χ0n) is 9.21. The van der Waals surface area contributed by atoms with Crippen molar-refractivity contribution in [3.05, 3.63) is 33.8 Å². The van der Waals surface area contributed by atoms with Crippen molar-refractivity contribution >= 4 is 29.2 Å². The third kappa shape index (κ3) is 3.39. The van der Waals surface area contributed by atoms with Crippen LogP contribution in [0.3, 0.4) is 0 Å². The van der Waals surface area contributed by atoms with E-state index in [9.17, 15) is 4.79 Å². The Hall–Kier alpha value is -0.730. The van der Waals surface area contributed by atoms with E-state index in [-0.39, 0.29) is 18.3 Å². The Morgan fingerprint density at radius 1 is 1.31 bits per heavy atom. The summed E-state index contributed by atoms with van der Waals surface area (Å²) in [4.78, 5) is 10.8. The second-order valence-electron chi connectivity index (χ2n) is 4.12. The molecule has 1 aromatic carbocycles. The van der Waals surface area contributed by atoms with E-state index in [1.807, 2.05) is 19.9 Å². The summed E-state index contributed by atoms with van der Waals surface area (Å²) in [6, 6.07) is 5.29. The molecule has 1 unspecified atom stereocenters. The molecule has 0 aliphatic rings. The molecule has 0 heterocycles. The van der Waals surface area contributed by atoms with Gasteiger partial charge in [0.2, 0.25) is 0 Å². The molecule has 1 aromatic rings. The number of halogens is 2. The van der Waals surface area contributed by atoms with Crippen molar-refractivity contribution in [1.82, 2.24) is 0 Å². The summed E-state index contributed by atoms with van der Waals surface area (Å²) >= 11 is 11.7. The molecule has 1 N–H and O–H groups in total. The SMILES string of the molecule is CC(C)C(CC(=O)O)c1ccc(Cl)c(Cl)c1. The molecule has 0 amide bonds. The number of rotatable bonds is 4. The molecule has 1 atom stereocenters. The predicted octanol–water partition coefficient (Wildman–Crippen LogP) is 4.21. The van der Waals surface area contributed by atoms with E-state index in [2.05, 4.69) is 0 Å². The van der Waals surface area contributed by atoms with E-state index in [4.69, 9.17) is 28.3 Å². The van der Waals surface area contributed by atoms with Crippen LogP contribution >= 0.6 is 23.2 Å². The van der Waals surface area contributed by atoms with Crippen LogP contribution in [0.5, 0.6) is 0 Å².